The number of carboxylic acid groups (broad SMARTS) is 2. The molecule has 1 fully saturated rings. The Bertz CT molecular complexity index is 1340. The van der Waals surface area contributed by atoms with Gasteiger partial charge in [0.25, 0.3) is 0 Å². The van der Waals surface area contributed by atoms with Gasteiger partial charge < -0.3 is 24.2 Å². The van der Waals surface area contributed by atoms with Crippen molar-refractivity contribution < 1.29 is 47.7 Å². The first kappa shape index (κ1) is 39.2. The Hall–Kier alpha value is -2.97. The number of esters is 1. The summed E-state index contributed by atoms with van der Waals surface area (Å²) in [6, 6.07) is 7.68. The number of nitrogens with one attached hydrogen (secondary N) is 1. The van der Waals surface area contributed by atoms with Gasteiger partial charge in [-0.2, -0.15) is 10.3 Å². The second-order valence-corrected chi connectivity index (χ2v) is 16.7. The molecule has 1 aliphatic heterocycles. The first-order chi connectivity index (χ1) is 20.9. The van der Waals surface area contributed by atoms with Crippen LogP contribution in [0.1, 0.15) is 88.1 Å². The molecule has 13 heteroatoms. The van der Waals surface area contributed by atoms with Gasteiger partial charge >= 0.3 is 25.7 Å². The van der Waals surface area contributed by atoms with Crippen LogP contribution in [-0.2, 0) is 38.4 Å². The summed E-state index contributed by atoms with van der Waals surface area (Å²) in [6.45, 7) is 18.7. The van der Waals surface area contributed by atoms with Crippen LogP contribution < -0.4 is 9.61 Å². The highest BCUT2D eigenvalue weighted by molar-refractivity contribution is 7.52. The lowest BCUT2D eigenvalue weighted by Crippen LogP contribution is -2.49. The van der Waals surface area contributed by atoms with Crippen molar-refractivity contribution in [3.8, 4) is 11.8 Å². The second-order valence-electron chi connectivity index (χ2n) is 15.0. The minimum absolute atomic E-state index is 0.132. The van der Waals surface area contributed by atoms with Gasteiger partial charge in [0.1, 0.15) is 17.9 Å². The van der Waals surface area contributed by atoms with E-state index in [0.29, 0.717) is 0 Å². The van der Waals surface area contributed by atoms with E-state index in [9.17, 15) is 34.4 Å². The minimum atomic E-state index is -4.42. The largest absolute Gasteiger partial charge is 0.481 e. The van der Waals surface area contributed by atoms with Crippen molar-refractivity contribution in [2.75, 3.05) is 13.2 Å². The molecule has 0 radical (unpaired) electrons. The molecule has 2 rings (SSSR count). The smallest absolute Gasteiger partial charge is 0.459 e. The lowest BCUT2D eigenvalue weighted by atomic mass is 9.61. The molecule has 1 aromatic carbocycles. The van der Waals surface area contributed by atoms with Gasteiger partial charge in [-0.25, -0.2) is 4.57 Å². The first-order valence-electron chi connectivity index (χ1n) is 15.4. The van der Waals surface area contributed by atoms with E-state index < -0.39 is 73.2 Å². The number of ether oxygens (including phenoxy) is 2. The summed E-state index contributed by atoms with van der Waals surface area (Å²) in [5, 5.41) is 32.7. The van der Waals surface area contributed by atoms with Crippen LogP contribution in [0.4, 0.5) is 0 Å². The highest BCUT2D eigenvalue weighted by Gasteiger charge is 2.61. The molecular weight excluding hydrogens is 615 g/mol. The summed E-state index contributed by atoms with van der Waals surface area (Å²) in [4.78, 5) is 37.6. The number of nitrogens with zero attached hydrogens (tertiary/aromatic N) is 1. The standard InChI is InChI=1S/C33H51N2O10P/c1-12-31(6,7)19-42-27(36)20(2)35-46(41,45-22-15-13-21(14-16-22)30(3,4)5)43-18-24-26(33(10,11)29(39)40)25(23(17-34)44-24)32(8,9)28(37)38/h13-16,20,23-26H,12,18-19H2,1-11H3,(H,35,41)(H,37,38)(H,39,40)/t20-,23?,24?,25?,26?,46?/m0/s1. The molecule has 0 spiro atoms. The zero-order valence-corrected chi connectivity index (χ0v) is 29.8. The normalized spacial score (nSPS) is 22.7. The van der Waals surface area contributed by atoms with E-state index in [4.69, 9.17) is 18.5 Å². The van der Waals surface area contributed by atoms with E-state index in [1.807, 2.05) is 59.7 Å². The number of carbonyl (C=O) groups is 3. The number of carboxylic acids is 2. The molecule has 5 unspecified atom stereocenters. The summed E-state index contributed by atoms with van der Waals surface area (Å²) in [6.07, 6.45) is -1.71. The molecule has 1 heterocycles. The van der Waals surface area contributed by atoms with Gasteiger partial charge in [-0.05, 0) is 69.6 Å². The second kappa shape index (κ2) is 14.4. The number of hydrogen-bond donors (Lipinski definition) is 3. The molecule has 0 aliphatic carbocycles. The maximum absolute atomic E-state index is 14.3. The van der Waals surface area contributed by atoms with Crippen LogP contribution in [0.2, 0.25) is 0 Å². The summed E-state index contributed by atoms with van der Waals surface area (Å²) in [7, 11) is -4.42. The molecular formula is C33H51N2O10P. The summed E-state index contributed by atoms with van der Waals surface area (Å²) >= 11 is 0. The van der Waals surface area contributed by atoms with Crippen LogP contribution in [0.15, 0.2) is 24.3 Å². The zero-order valence-electron chi connectivity index (χ0n) is 28.9. The van der Waals surface area contributed by atoms with Gasteiger partial charge in [-0.1, -0.05) is 53.7 Å². The third-order valence-corrected chi connectivity index (χ3v) is 10.6. The molecule has 46 heavy (non-hydrogen) atoms. The van der Waals surface area contributed by atoms with Gasteiger partial charge in [0.15, 0.2) is 0 Å². The SMILES string of the molecule is CCC(C)(C)COC(=O)[C@H](C)NP(=O)(OCC1OC(C#N)C(C(C)(C)C(=O)O)C1C(C)(C)C(=O)O)Oc1ccc(C(C)(C)C)cc1. The highest BCUT2D eigenvalue weighted by atomic mass is 31.2. The zero-order chi connectivity index (χ0) is 35.5. The van der Waals surface area contributed by atoms with Crippen molar-refractivity contribution in [3.05, 3.63) is 29.8 Å². The van der Waals surface area contributed by atoms with Crippen LogP contribution in [0.3, 0.4) is 0 Å². The Morgan fingerprint density at radius 3 is 1.96 bits per heavy atom. The van der Waals surface area contributed by atoms with E-state index >= 15 is 0 Å². The summed E-state index contributed by atoms with van der Waals surface area (Å²) in [5.41, 5.74) is -2.59. The fourth-order valence-corrected chi connectivity index (χ4v) is 6.76. The van der Waals surface area contributed by atoms with E-state index in [0.717, 1.165) is 12.0 Å². The van der Waals surface area contributed by atoms with Gasteiger partial charge in [-0.15, -0.1) is 0 Å². The molecule has 258 valence electrons. The third-order valence-electron chi connectivity index (χ3n) is 8.95. The molecule has 0 saturated carbocycles. The van der Waals surface area contributed by atoms with E-state index in [1.54, 1.807) is 12.1 Å². The summed E-state index contributed by atoms with van der Waals surface area (Å²) in [5.74, 6) is -5.11. The fraction of sp³-hybridized carbons (Fsp3) is 0.697. The number of aliphatic carboxylic acids is 2. The lowest BCUT2D eigenvalue weighted by molar-refractivity contribution is -0.159. The minimum Gasteiger partial charge on any atom is -0.481 e. The van der Waals surface area contributed by atoms with E-state index in [-0.39, 0.29) is 23.2 Å². The molecule has 12 nitrogen and oxygen atoms in total. The van der Waals surface area contributed by atoms with Crippen molar-refractivity contribution in [3.63, 3.8) is 0 Å². The Balaban J connectivity index is 2.48. The monoisotopic (exact) mass is 666 g/mol. The third kappa shape index (κ3) is 9.31. The molecule has 6 atom stereocenters. The van der Waals surface area contributed by atoms with Gasteiger partial charge in [-0.3, -0.25) is 18.9 Å². The maximum atomic E-state index is 14.3. The summed E-state index contributed by atoms with van der Waals surface area (Å²) < 4.78 is 37.4. The molecule has 0 aromatic heterocycles. The van der Waals surface area contributed by atoms with Crippen LogP contribution in [0, 0.1) is 39.4 Å². The predicted octanol–water partition coefficient (Wildman–Crippen LogP) is 6.19. The number of nitriles is 1. The molecule has 0 bridgehead atoms. The average molecular weight is 667 g/mol. The molecule has 3 N–H and O–H groups in total. The van der Waals surface area contributed by atoms with E-state index in [1.165, 1.54) is 34.6 Å². The molecule has 1 aromatic rings. The topological polar surface area (TPSA) is 181 Å². The molecule has 1 aliphatic rings. The number of benzene rings is 1. The Labute approximate surface area is 272 Å². The Morgan fingerprint density at radius 1 is 0.978 bits per heavy atom. The van der Waals surface area contributed by atoms with Gasteiger partial charge in [0.05, 0.1) is 36.2 Å². The number of rotatable bonds is 15. The Morgan fingerprint density at radius 2 is 1.50 bits per heavy atom. The lowest BCUT2D eigenvalue weighted by Gasteiger charge is -2.39. The fourth-order valence-electron chi connectivity index (χ4n) is 5.26. The number of carbonyl (C=O) groups excluding carboxylic acids is 1. The van der Waals surface area contributed by atoms with Crippen molar-refractivity contribution >= 4 is 25.7 Å². The number of hydrogen-bond acceptors (Lipinski definition) is 9. The van der Waals surface area contributed by atoms with Crippen molar-refractivity contribution in [2.24, 2.45) is 28.1 Å². The first-order valence-corrected chi connectivity index (χ1v) is 17.0. The average Bonchev–Trinajstić information content (AvgIpc) is 3.35. The Kier molecular flexibility index (Phi) is 12.3. The molecule has 1 saturated heterocycles. The van der Waals surface area contributed by atoms with Gasteiger partial charge in [0, 0.05) is 11.8 Å². The van der Waals surface area contributed by atoms with Crippen LogP contribution >= 0.6 is 7.75 Å². The van der Waals surface area contributed by atoms with Crippen molar-refractivity contribution in [2.45, 2.75) is 106 Å². The predicted molar refractivity (Wildman–Crippen MR) is 171 cm³/mol. The van der Waals surface area contributed by atoms with Crippen molar-refractivity contribution in [1.29, 1.82) is 5.26 Å². The van der Waals surface area contributed by atoms with Gasteiger partial charge in [0.2, 0.25) is 0 Å². The van der Waals surface area contributed by atoms with Crippen molar-refractivity contribution in [1.82, 2.24) is 5.09 Å². The van der Waals surface area contributed by atoms with Crippen LogP contribution in [0.25, 0.3) is 0 Å². The molecule has 0 amide bonds. The highest BCUT2D eigenvalue weighted by Crippen LogP contribution is 2.53. The maximum Gasteiger partial charge on any atom is 0.459 e. The van der Waals surface area contributed by atoms with Crippen LogP contribution in [-0.4, -0.2) is 59.6 Å². The van der Waals surface area contributed by atoms with Crippen LogP contribution in [0.5, 0.6) is 5.75 Å². The van der Waals surface area contributed by atoms with E-state index in [2.05, 4.69) is 5.09 Å². The quantitative estimate of drug-likeness (QED) is 0.143.